The lowest BCUT2D eigenvalue weighted by Gasteiger charge is -2.11. The molecule has 2 aromatic rings. The van der Waals surface area contributed by atoms with Crippen LogP contribution in [0.2, 0.25) is 5.02 Å². The van der Waals surface area contributed by atoms with E-state index in [1.54, 1.807) is 26.2 Å². The molecule has 0 bridgehead atoms. The lowest BCUT2D eigenvalue weighted by molar-refractivity contribution is -0.384. The molecule has 28 heavy (non-hydrogen) atoms. The number of non-ortho nitro benzene ring substituents is 1. The van der Waals surface area contributed by atoms with Gasteiger partial charge in [-0.15, -0.1) is 0 Å². The minimum absolute atomic E-state index is 0.0304. The number of nitrogens with zero attached hydrogens (tertiary/aromatic N) is 2. The van der Waals surface area contributed by atoms with E-state index >= 15 is 0 Å². The number of rotatable bonds is 6. The normalized spacial score (nSPS) is 10.1. The SMILES string of the molecule is CN(C)C(=O)c1ccc(NC(=O)COC(=O)c2cc([N+](=O)[O-])ccc2Cl)cc1. The molecule has 0 aliphatic rings. The number of halogens is 1. The molecule has 0 aliphatic carbocycles. The van der Waals surface area contributed by atoms with Gasteiger partial charge in [0.2, 0.25) is 0 Å². The number of hydrogen-bond acceptors (Lipinski definition) is 6. The van der Waals surface area contributed by atoms with Gasteiger partial charge < -0.3 is 15.0 Å². The molecule has 0 aliphatic heterocycles. The fourth-order valence-electron chi connectivity index (χ4n) is 2.14. The molecule has 2 aromatic carbocycles. The molecule has 0 saturated carbocycles. The number of amides is 2. The quantitative estimate of drug-likeness (QED) is 0.448. The lowest BCUT2D eigenvalue weighted by atomic mass is 10.2. The van der Waals surface area contributed by atoms with Crippen molar-refractivity contribution in [2.75, 3.05) is 26.0 Å². The van der Waals surface area contributed by atoms with Crippen molar-refractivity contribution >= 4 is 40.8 Å². The standard InChI is InChI=1S/C18H16ClN3O6/c1-21(2)17(24)11-3-5-12(6-4-11)20-16(23)10-28-18(25)14-9-13(22(26)27)7-8-15(14)19/h3-9H,10H2,1-2H3,(H,20,23). The molecule has 0 heterocycles. The highest BCUT2D eigenvalue weighted by Gasteiger charge is 2.18. The minimum atomic E-state index is -0.962. The average molecular weight is 406 g/mol. The Morgan fingerprint density at radius 3 is 2.36 bits per heavy atom. The summed E-state index contributed by atoms with van der Waals surface area (Å²) in [7, 11) is 3.25. The van der Waals surface area contributed by atoms with Gasteiger partial charge in [0.15, 0.2) is 6.61 Å². The van der Waals surface area contributed by atoms with E-state index in [2.05, 4.69) is 5.32 Å². The number of ether oxygens (including phenoxy) is 1. The smallest absolute Gasteiger partial charge is 0.340 e. The summed E-state index contributed by atoms with van der Waals surface area (Å²) in [5.41, 5.74) is 0.322. The second-order valence-electron chi connectivity index (χ2n) is 5.82. The van der Waals surface area contributed by atoms with Crippen LogP contribution in [0.15, 0.2) is 42.5 Å². The van der Waals surface area contributed by atoms with Crippen LogP contribution in [0, 0.1) is 10.1 Å². The number of benzene rings is 2. The third-order valence-corrected chi connectivity index (χ3v) is 3.87. The Kier molecular flexibility index (Phi) is 6.67. The van der Waals surface area contributed by atoms with Crippen LogP contribution in [0.5, 0.6) is 0 Å². The maximum Gasteiger partial charge on any atom is 0.340 e. The summed E-state index contributed by atoms with van der Waals surface area (Å²) in [4.78, 5) is 47.3. The van der Waals surface area contributed by atoms with Crippen LogP contribution in [-0.2, 0) is 9.53 Å². The van der Waals surface area contributed by atoms with Crippen molar-refractivity contribution in [1.82, 2.24) is 4.90 Å². The predicted octanol–water partition coefficient (Wildman–Crippen LogP) is 2.75. The van der Waals surface area contributed by atoms with Gasteiger partial charge >= 0.3 is 5.97 Å². The maximum atomic E-state index is 12.0. The van der Waals surface area contributed by atoms with Gasteiger partial charge in [-0.1, -0.05) is 11.6 Å². The van der Waals surface area contributed by atoms with Gasteiger partial charge in [0.1, 0.15) is 0 Å². The van der Waals surface area contributed by atoms with Crippen molar-refractivity contribution in [2.24, 2.45) is 0 Å². The van der Waals surface area contributed by atoms with Crippen molar-refractivity contribution in [3.63, 3.8) is 0 Å². The van der Waals surface area contributed by atoms with E-state index in [-0.39, 0.29) is 22.2 Å². The van der Waals surface area contributed by atoms with Crippen molar-refractivity contribution in [2.45, 2.75) is 0 Å². The van der Waals surface area contributed by atoms with E-state index in [1.165, 1.54) is 23.1 Å². The zero-order valence-electron chi connectivity index (χ0n) is 15.0. The number of esters is 1. The number of carbonyl (C=O) groups excluding carboxylic acids is 3. The number of nitrogens with one attached hydrogen (secondary N) is 1. The van der Waals surface area contributed by atoms with Crippen LogP contribution in [-0.4, -0.2) is 48.3 Å². The zero-order chi connectivity index (χ0) is 20.8. The van der Waals surface area contributed by atoms with E-state index < -0.39 is 23.4 Å². The molecule has 0 atom stereocenters. The van der Waals surface area contributed by atoms with Crippen LogP contribution in [0.1, 0.15) is 20.7 Å². The number of nitro groups is 1. The fourth-order valence-corrected chi connectivity index (χ4v) is 2.34. The first-order chi connectivity index (χ1) is 13.2. The van der Waals surface area contributed by atoms with E-state index in [1.807, 2.05) is 0 Å². The first-order valence-corrected chi connectivity index (χ1v) is 8.29. The predicted molar refractivity (Wildman–Crippen MR) is 101 cm³/mol. The highest BCUT2D eigenvalue weighted by atomic mass is 35.5. The topological polar surface area (TPSA) is 119 Å². The first kappa shape index (κ1) is 20.8. The van der Waals surface area contributed by atoms with Gasteiger partial charge in [-0.3, -0.25) is 19.7 Å². The second kappa shape index (κ2) is 8.96. The van der Waals surface area contributed by atoms with Gasteiger partial charge in [-0.25, -0.2) is 4.79 Å². The summed E-state index contributed by atoms with van der Waals surface area (Å²) in [6.07, 6.45) is 0. The van der Waals surface area contributed by atoms with Gasteiger partial charge in [0.25, 0.3) is 17.5 Å². The van der Waals surface area contributed by atoms with Crippen molar-refractivity contribution in [1.29, 1.82) is 0 Å². The van der Waals surface area contributed by atoms with E-state index in [0.717, 1.165) is 12.1 Å². The van der Waals surface area contributed by atoms with E-state index in [0.29, 0.717) is 11.3 Å². The van der Waals surface area contributed by atoms with Gasteiger partial charge in [-0.2, -0.15) is 0 Å². The maximum absolute atomic E-state index is 12.0. The van der Waals surface area contributed by atoms with Crippen LogP contribution in [0.25, 0.3) is 0 Å². The third kappa shape index (κ3) is 5.27. The number of anilines is 1. The van der Waals surface area contributed by atoms with Crippen LogP contribution < -0.4 is 5.32 Å². The first-order valence-electron chi connectivity index (χ1n) is 7.91. The summed E-state index contributed by atoms with van der Waals surface area (Å²) < 4.78 is 4.85. The molecule has 0 spiro atoms. The number of carbonyl (C=O) groups is 3. The van der Waals surface area contributed by atoms with Crippen LogP contribution in [0.4, 0.5) is 11.4 Å². The number of hydrogen-bond donors (Lipinski definition) is 1. The fraction of sp³-hybridized carbons (Fsp3) is 0.167. The Balaban J connectivity index is 1.95. The molecule has 0 unspecified atom stereocenters. The van der Waals surface area contributed by atoms with E-state index in [4.69, 9.17) is 16.3 Å². The van der Waals surface area contributed by atoms with Crippen molar-refractivity contribution in [3.8, 4) is 0 Å². The van der Waals surface area contributed by atoms with Gasteiger partial charge in [-0.05, 0) is 30.3 Å². The molecule has 1 N–H and O–H groups in total. The molecule has 0 aromatic heterocycles. The Morgan fingerprint density at radius 1 is 1.14 bits per heavy atom. The zero-order valence-corrected chi connectivity index (χ0v) is 15.7. The summed E-state index contributed by atoms with van der Waals surface area (Å²) in [5.74, 6) is -1.77. The molecule has 0 fully saturated rings. The summed E-state index contributed by atoms with van der Waals surface area (Å²) in [6, 6.07) is 9.49. The molecule has 0 radical (unpaired) electrons. The molecular formula is C18H16ClN3O6. The Morgan fingerprint density at radius 2 is 1.79 bits per heavy atom. The monoisotopic (exact) mass is 405 g/mol. The molecule has 10 heteroatoms. The molecular weight excluding hydrogens is 390 g/mol. The van der Waals surface area contributed by atoms with Gasteiger partial charge in [0, 0.05) is 37.5 Å². The van der Waals surface area contributed by atoms with Crippen molar-refractivity contribution in [3.05, 3.63) is 68.7 Å². The summed E-state index contributed by atoms with van der Waals surface area (Å²) in [5, 5.41) is 13.3. The molecule has 0 saturated heterocycles. The summed E-state index contributed by atoms with van der Waals surface area (Å²) in [6.45, 7) is -0.615. The lowest BCUT2D eigenvalue weighted by Crippen LogP contribution is -2.22. The molecule has 2 rings (SSSR count). The Labute approximate surface area is 165 Å². The third-order valence-electron chi connectivity index (χ3n) is 3.54. The minimum Gasteiger partial charge on any atom is -0.452 e. The largest absolute Gasteiger partial charge is 0.452 e. The molecule has 146 valence electrons. The summed E-state index contributed by atoms with van der Waals surface area (Å²) >= 11 is 5.85. The van der Waals surface area contributed by atoms with Crippen LogP contribution >= 0.6 is 11.6 Å². The highest BCUT2D eigenvalue weighted by Crippen LogP contribution is 2.22. The van der Waals surface area contributed by atoms with Crippen molar-refractivity contribution < 1.29 is 24.0 Å². The highest BCUT2D eigenvalue weighted by molar-refractivity contribution is 6.33. The second-order valence-corrected chi connectivity index (χ2v) is 6.23. The Bertz CT molecular complexity index is 927. The average Bonchev–Trinajstić information content (AvgIpc) is 2.66. The molecule has 2 amide bonds. The van der Waals surface area contributed by atoms with Crippen LogP contribution in [0.3, 0.4) is 0 Å². The van der Waals surface area contributed by atoms with E-state index in [9.17, 15) is 24.5 Å². The van der Waals surface area contributed by atoms with Gasteiger partial charge in [0.05, 0.1) is 15.5 Å². The Hall–Kier alpha value is -3.46. The number of nitro benzene ring substituents is 1. The molecule has 9 nitrogen and oxygen atoms in total.